The summed E-state index contributed by atoms with van der Waals surface area (Å²) >= 11 is 0. The molecule has 8 nitrogen and oxygen atoms in total. The first-order valence-electron chi connectivity index (χ1n) is 9.45. The number of methoxy groups -OCH3 is 1. The lowest BCUT2D eigenvalue weighted by atomic mass is 10.0. The highest BCUT2D eigenvalue weighted by molar-refractivity contribution is 6.11. The molecule has 0 radical (unpaired) electrons. The monoisotopic (exact) mass is 420 g/mol. The summed E-state index contributed by atoms with van der Waals surface area (Å²) in [6.45, 7) is 2.04. The van der Waals surface area contributed by atoms with Crippen LogP contribution in [0.3, 0.4) is 0 Å². The van der Waals surface area contributed by atoms with Crippen LogP contribution in [-0.4, -0.2) is 30.3 Å². The number of carbonyl (C=O) groups is 2. The van der Waals surface area contributed by atoms with Gasteiger partial charge in [0.1, 0.15) is 5.56 Å². The fourth-order valence-corrected chi connectivity index (χ4v) is 3.00. The molecule has 3 aromatic carbocycles. The van der Waals surface area contributed by atoms with E-state index in [0.717, 1.165) is 6.07 Å². The highest BCUT2D eigenvalue weighted by Gasteiger charge is 2.25. The van der Waals surface area contributed by atoms with Gasteiger partial charge < -0.3 is 14.8 Å². The number of nitrogens with zero attached hydrogens (tertiary/aromatic N) is 1. The van der Waals surface area contributed by atoms with Crippen LogP contribution < -0.4 is 14.8 Å². The molecule has 0 saturated heterocycles. The molecule has 1 amide bonds. The van der Waals surface area contributed by atoms with Crippen LogP contribution in [0.25, 0.3) is 0 Å². The Kier molecular flexibility index (Phi) is 6.61. The molecule has 158 valence electrons. The molecular weight excluding hydrogens is 400 g/mol. The molecule has 0 bridgehead atoms. The summed E-state index contributed by atoms with van der Waals surface area (Å²) in [5.74, 6) is -0.542. The standard InChI is InChI=1S/C23H20N2O6/c1-3-31-21-13-18(19(25(28)29)14-20(21)30-2)23(27)24-17-11-7-10-16(12-17)22(26)15-8-5-4-6-9-15/h4-14H,3H2,1-2H3,(H,24,27). The molecular formula is C23H20N2O6. The Morgan fingerprint density at radius 3 is 2.32 bits per heavy atom. The normalized spacial score (nSPS) is 10.3. The summed E-state index contributed by atoms with van der Waals surface area (Å²) in [6, 6.07) is 17.5. The zero-order valence-corrected chi connectivity index (χ0v) is 17.0. The Labute approximate surface area is 178 Å². The molecule has 1 N–H and O–H groups in total. The van der Waals surface area contributed by atoms with E-state index in [1.165, 1.54) is 19.2 Å². The number of ether oxygens (including phenoxy) is 2. The first kappa shape index (κ1) is 21.5. The lowest BCUT2D eigenvalue weighted by molar-refractivity contribution is -0.385. The number of hydrogen-bond acceptors (Lipinski definition) is 6. The van der Waals surface area contributed by atoms with E-state index in [2.05, 4.69) is 5.32 Å². The molecule has 3 aromatic rings. The van der Waals surface area contributed by atoms with Crippen LogP contribution in [0.15, 0.2) is 66.7 Å². The fourth-order valence-electron chi connectivity index (χ4n) is 3.00. The minimum absolute atomic E-state index is 0.153. The third kappa shape index (κ3) is 4.87. The van der Waals surface area contributed by atoms with Crippen LogP contribution in [0.1, 0.15) is 33.2 Å². The number of carbonyl (C=O) groups excluding carboxylic acids is 2. The smallest absolute Gasteiger partial charge is 0.286 e. The molecule has 0 aliphatic heterocycles. The molecule has 0 spiro atoms. The Balaban J connectivity index is 1.92. The quantitative estimate of drug-likeness (QED) is 0.327. The number of ketones is 1. The van der Waals surface area contributed by atoms with E-state index in [1.807, 2.05) is 6.07 Å². The van der Waals surface area contributed by atoms with Gasteiger partial charge in [-0.15, -0.1) is 0 Å². The van der Waals surface area contributed by atoms with E-state index >= 15 is 0 Å². The number of rotatable bonds is 8. The predicted molar refractivity (Wildman–Crippen MR) is 115 cm³/mol. The van der Waals surface area contributed by atoms with Crippen LogP contribution in [0.4, 0.5) is 11.4 Å². The summed E-state index contributed by atoms with van der Waals surface area (Å²) < 4.78 is 10.6. The summed E-state index contributed by atoms with van der Waals surface area (Å²) in [7, 11) is 1.36. The van der Waals surface area contributed by atoms with Gasteiger partial charge in [0.2, 0.25) is 0 Å². The molecule has 0 aliphatic carbocycles. The van der Waals surface area contributed by atoms with Gasteiger partial charge in [-0.05, 0) is 19.1 Å². The molecule has 0 aromatic heterocycles. The Morgan fingerprint density at radius 1 is 0.968 bits per heavy atom. The zero-order chi connectivity index (χ0) is 22.4. The van der Waals surface area contributed by atoms with E-state index in [9.17, 15) is 19.7 Å². The molecule has 0 saturated carbocycles. The van der Waals surface area contributed by atoms with Crippen molar-refractivity contribution in [3.05, 3.63) is 93.5 Å². The number of nitrogens with one attached hydrogen (secondary N) is 1. The van der Waals surface area contributed by atoms with Crippen LogP contribution in [-0.2, 0) is 0 Å². The Morgan fingerprint density at radius 2 is 1.68 bits per heavy atom. The van der Waals surface area contributed by atoms with Crippen molar-refractivity contribution >= 4 is 23.1 Å². The Hall–Kier alpha value is -4.20. The maximum absolute atomic E-state index is 12.8. The molecule has 0 fully saturated rings. The first-order chi connectivity index (χ1) is 14.9. The predicted octanol–water partition coefficient (Wildman–Crippen LogP) is 4.49. The van der Waals surface area contributed by atoms with Gasteiger partial charge in [0.15, 0.2) is 17.3 Å². The third-order valence-electron chi connectivity index (χ3n) is 4.44. The van der Waals surface area contributed by atoms with Gasteiger partial charge in [0.25, 0.3) is 11.6 Å². The minimum atomic E-state index is -0.709. The molecule has 8 heteroatoms. The number of nitro groups is 1. The van der Waals surface area contributed by atoms with Gasteiger partial charge >= 0.3 is 0 Å². The highest BCUT2D eigenvalue weighted by Crippen LogP contribution is 2.35. The topological polar surface area (TPSA) is 108 Å². The summed E-state index contributed by atoms with van der Waals surface area (Å²) in [6.07, 6.45) is 0. The number of nitro benzene ring substituents is 1. The lowest BCUT2D eigenvalue weighted by Crippen LogP contribution is -2.15. The largest absolute Gasteiger partial charge is 0.493 e. The van der Waals surface area contributed by atoms with Crippen LogP contribution in [0.5, 0.6) is 11.5 Å². The highest BCUT2D eigenvalue weighted by atomic mass is 16.6. The van der Waals surface area contributed by atoms with Crippen molar-refractivity contribution < 1.29 is 24.0 Å². The summed E-state index contributed by atoms with van der Waals surface area (Å²) in [4.78, 5) is 36.3. The second-order valence-electron chi connectivity index (χ2n) is 6.44. The van der Waals surface area contributed by atoms with Crippen molar-refractivity contribution in [2.75, 3.05) is 19.0 Å². The zero-order valence-electron chi connectivity index (χ0n) is 17.0. The van der Waals surface area contributed by atoms with Gasteiger partial charge in [-0.2, -0.15) is 0 Å². The van der Waals surface area contributed by atoms with E-state index in [4.69, 9.17) is 9.47 Å². The number of amides is 1. The van der Waals surface area contributed by atoms with Crippen LogP contribution in [0, 0.1) is 10.1 Å². The maximum Gasteiger partial charge on any atom is 0.286 e. The third-order valence-corrected chi connectivity index (χ3v) is 4.44. The maximum atomic E-state index is 12.8. The number of hydrogen-bond donors (Lipinski definition) is 1. The first-order valence-corrected chi connectivity index (χ1v) is 9.45. The molecule has 0 aliphatic rings. The van der Waals surface area contributed by atoms with Gasteiger partial charge in [-0.3, -0.25) is 19.7 Å². The van der Waals surface area contributed by atoms with Crippen molar-refractivity contribution in [1.82, 2.24) is 0 Å². The second-order valence-corrected chi connectivity index (χ2v) is 6.44. The van der Waals surface area contributed by atoms with E-state index in [-0.39, 0.29) is 22.8 Å². The molecule has 0 atom stereocenters. The molecule has 31 heavy (non-hydrogen) atoms. The average Bonchev–Trinajstić information content (AvgIpc) is 2.79. The van der Waals surface area contributed by atoms with Gasteiger partial charge in [-0.25, -0.2) is 0 Å². The minimum Gasteiger partial charge on any atom is -0.493 e. The van der Waals surface area contributed by atoms with Gasteiger partial charge in [0.05, 0.1) is 24.7 Å². The number of benzene rings is 3. The average molecular weight is 420 g/mol. The van der Waals surface area contributed by atoms with Gasteiger partial charge in [-0.1, -0.05) is 42.5 Å². The van der Waals surface area contributed by atoms with Crippen molar-refractivity contribution in [2.24, 2.45) is 0 Å². The van der Waals surface area contributed by atoms with Crippen LogP contribution >= 0.6 is 0 Å². The molecule has 0 heterocycles. The lowest BCUT2D eigenvalue weighted by Gasteiger charge is -2.12. The molecule has 0 unspecified atom stereocenters. The summed E-state index contributed by atoms with van der Waals surface area (Å²) in [5, 5.41) is 14.1. The summed E-state index contributed by atoms with van der Waals surface area (Å²) in [5.41, 5.74) is 0.611. The fraction of sp³-hybridized carbons (Fsp3) is 0.130. The van der Waals surface area contributed by atoms with Crippen molar-refractivity contribution in [3.8, 4) is 11.5 Å². The van der Waals surface area contributed by atoms with Crippen molar-refractivity contribution in [2.45, 2.75) is 6.92 Å². The van der Waals surface area contributed by atoms with Crippen molar-refractivity contribution in [1.29, 1.82) is 0 Å². The Bertz CT molecular complexity index is 1130. The SMILES string of the molecule is CCOc1cc(C(=O)Nc2cccc(C(=O)c3ccccc3)c2)c([N+](=O)[O-])cc1OC. The van der Waals surface area contributed by atoms with Crippen molar-refractivity contribution in [3.63, 3.8) is 0 Å². The van der Waals surface area contributed by atoms with E-state index < -0.39 is 16.5 Å². The second kappa shape index (κ2) is 9.53. The van der Waals surface area contributed by atoms with Crippen LogP contribution in [0.2, 0.25) is 0 Å². The van der Waals surface area contributed by atoms with E-state index in [1.54, 1.807) is 49.4 Å². The van der Waals surface area contributed by atoms with Gasteiger partial charge in [0, 0.05) is 22.9 Å². The number of anilines is 1. The van der Waals surface area contributed by atoms with E-state index in [0.29, 0.717) is 23.4 Å². The molecule has 3 rings (SSSR count).